The van der Waals surface area contributed by atoms with Crippen LogP contribution in [0, 0.1) is 0 Å². The van der Waals surface area contributed by atoms with Gasteiger partial charge in [0, 0.05) is 27.7 Å². The van der Waals surface area contributed by atoms with E-state index in [0.29, 0.717) is 17.8 Å². The SMILES string of the molecule is COc1ccc([C@H]2C[C@@]3(c4ccccc4)OC(c4ccccc4)=C(c4ccccc4)C(=O)N3c3ccccc3S2)cc1. The summed E-state index contributed by atoms with van der Waals surface area (Å²) < 4.78 is 12.8. The Morgan fingerprint density at radius 3 is 2.00 bits per heavy atom. The van der Waals surface area contributed by atoms with Crippen molar-refractivity contribution in [2.75, 3.05) is 12.0 Å². The van der Waals surface area contributed by atoms with Gasteiger partial charge in [0.05, 0.1) is 18.4 Å². The van der Waals surface area contributed by atoms with E-state index in [1.165, 1.54) is 0 Å². The normalized spacial score (nSPS) is 19.8. The zero-order chi connectivity index (χ0) is 28.5. The number of methoxy groups -OCH3 is 1. The predicted octanol–water partition coefficient (Wildman–Crippen LogP) is 8.72. The van der Waals surface area contributed by atoms with Crippen molar-refractivity contribution in [2.24, 2.45) is 0 Å². The lowest BCUT2D eigenvalue weighted by atomic mass is 9.87. The van der Waals surface area contributed by atoms with Crippen LogP contribution in [0.3, 0.4) is 0 Å². The smallest absolute Gasteiger partial charge is 0.266 e. The molecule has 0 saturated heterocycles. The Labute approximate surface area is 250 Å². The maximum Gasteiger partial charge on any atom is 0.266 e. The standard InChI is InChI=1S/C37H29NO3S/c1-40-30-23-21-26(22-24-30)33-25-37(29-17-9-4-10-18-29)38(31-19-11-12-20-32(31)42-33)36(39)34(27-13-5-2-6-14-27)35(41-37)28-15-7-3-8-16-28/h2-24,33H,25H2,1H3/t33-,37+/m1/s1. The zero-order valence-electron chi connectivity index (χ0n) is 23.1. The number of thioether (sulfide) groups is 1. The number of carbonyl (C=O) groups excluding carboxylic acids is 1. The Balaban J connectivity index is 1.52. The molecule has 0 saturated carbocycles. The molecule has 5 aromatic rings. The number of nitrogens with zero attached hydrogens (tertiary/aromatic N) is 1. The maximum atomic E-state index is 15.1. The first kappa shape index (κ1) is 26.2. The highest BCUT2D eigenvalue weighted by atomic mass is 32.2. The molecule has 42 heavy (non-hydrogen) atoms. The quantitative estimate of drug-likeness (QED) is 0.213. The molecule has 7 rings (SSSR count). The summed E-state index contributed by atoms with van der Waals surface area (Å²) in [6.07, 6.45) is 0.535. The van der Waals surface area contributed by atoms with Gasteiger partial charge in [0.15, 0.2) is 0 Å². The number of anilines is 1. The lowest BCUT2D eigenvalue weighted by molar-refractivity contribution is -0.120. The number of hydrogen-bond donors (Lipinski definition) is 0. The summed E-state index contributed by atoms with van der Waals surface area (Å²) >= 11 is 1.77. The molecular formula is C37H29NO3S. The van der Waals surface area contributed by atoms with Crippen LogP contribution in [0.4, 0.5) is 5.69 Å². The van der Waals surface area contributed by atoms with E-state index in [2.05, 4.69) is 30.3 Å². The van der Waals surface area contributed by atoms with Gasteiger partial charge in [-0.25, -0.2) is 0 Å². The number of benzene rings is 5. The van der Waals surface area contributed by atoms with Crippen molar-refractivity contribution < 1.29 is 14.3 Å². The minimum atomic E-state index is -1.11. The number of para-hydroxylation sites is 1. The molecule has 0 aromatic heterocycles. The fourth-order valence-electron chi connectivity index (χ4n) is 5.92. The molecule has 2 aliphatic heterocycles. The third-order valence-electron chi connectivity index (χ3n) is 7.92. The van der Waals surface area contributed by atoms with Crippen LogP contribution in [-0.2, 0) is 15.3 Å². The summed E-state index contributed by atoms with van der Waals surface area (Å²) in [5.41, 5.74) is 4.04. The minimum absolute atomic E-state index is 0.00893. The van der Waals surface area contributed by atoms with E-state index in [9.17, 15) is 0 Å². The Kier molecular flexibility index (Phi) is 6.80. The lowest BCUT2D eigenvalue weighted by Gasteiger charge is -2.48. The fourth-order valence-corrected chi connectivity index (χ4v) is 7.27. The van der Waals surface area contributed by atoms with Crippen molar-refractivity contribution in [3.05, 3.63) is 162 Å². The first-order valence-electron chi connectivity index (χ1n) is 14.0. The maximum absolute atomic E-state index is 15.1. The summed E-state index contributed by atoms with van der Waals surface area (Å²) in [6.45, 7) is 0. The average Bonchev–Trinajstić information content (AvgIpc) is 3.21. The van der Waals surface area contributed by atoms with E-state index in [0.717, 1.165) is 38.6 Å². The third-order valence-corrected chi connectivity index (χ3v) is 9.25. The lowest BCUT2D eigenvalue weighted by Crippen LogP contribution is -2.55. The molecule has 0 radical (unpaired) electrons. The van der Waals surface area contributed by atoms with Gasteiger partial charge < -0.3 is 9.47 Å². The first-order valence-corrected chi connectivity index (χ1v) is 14.9. The van der Waals surface area contributed by atoms with Gasteiger partial charge in [0.1, 0.15) is 11.5 Å². The Morgan fingerprint density at radius 2 is 1.33 bits per heavy atom. The van der Waals surface area contributed by atoms with Crippen molar-refractivity contribution in [2.45, 2.75) is 22.3 Å². The predicted molar refractivity (Wildman–Crippen MR) is 169 cm³/mol. The summed E-state index contributed by atoms with van der Waals surface area (Å²) in [7, 11) is 1.68. The minimum Gasteiger partial charge on any atom is -0.497 e. The van der Waals surface area contributed by atoms with Crippen LogP contribution in [0.15, 0.2) is 144 Å². The van der Waals surface area contributed by atoms with Crippen LogP contribution in [0.5, 0.6) is 5.75 Å². The van der Waals surface area contributed by atoms with Crippen molar-refractivity contribution in [1.29, 1.82) is 0 Å². The van der Waals surface area contributed by atoms with E-state index in [4.69, 9.17) is 9.47 Å². The van der Waals surface area contributed by atoms with Gasteiger partial charge in [-0.3, -0.25) is 9.69 Å². The molecule has 0 N–H and O–H groups in total. The molecule has 0 aliphatic carbocycles. The second kappa shape index (κ2) is 10.9. The summed E-state index contributed by atoms with van der Waals surface area (Å²) in [5, 5.41) is -0.00893. The van der Waals surface area contributed by atoms with Gasteiger partial charge in [-0.2, -0.15) is 0 Å². The van der Waals surface area contributed by atoms with E-state index in [1.54, 1.807) is 18.9 Å². The number of rotatable bonds is 5. The molecule has 0 spiro atoms. The number of amides is 1. The number of fused-ring (bicyclic) bond motifs is 3. The van der Waals surface area contributed by atoms with Crippen LogP contribution in [-0.4, -0.2) is 13.0 Å². The van der Waals surface area contributed by atoms with E-state index >= 15 is 4.79 Å². The first-order chi connectivity index (χ1) is 20.7. The number of carbonyl (C=O) groups is 1. The van der Waals surface area contributed by atoms with E-state index in [-0.39, 0.29) is 11.2 Å². The monoisotopic (exact) mass is 567 g/mol. The van der Waals surface area contributed by atoms with Gasteiger partial charge in [-0.05, 0) is 35.4 Å². The molecule has 0 fully saturated rings. The van der Waals surface area contributed by atoms with E-state index < -0.39 is 5.72 Å². The van der Waals surface area contributed by atoms with Crippen LogP contribution in [0.2, 0.25) is 0 Å². The molecule has 2 heterocycles. The van der Waals surface area contributed by atoms with Crippen molar-refractivity contribution >= 4 is 34.7 Å². The zero-order valence-corrected chi connectivity index (χ0v) is 24.0. The van der Waals surface area contributed by atoms with Gasteiger partial charge in [0.25, 0.3) is 5.91 Å². The number of hydrogen-bond acceptors (Lipinski definition) is 4. The molecule has 4 nitrogen and oxygen atoms in total. The highest BCUT2D eigenvalue weighted by molar-refractivity contribution is 7.99. The topological polar surface area (TPSA) is 38.8 Å². The molecule has 0 unspecified atom stereocenters. The Hall–Kier alpha value is -4.74. The summed E-state index contributed by atoms with van der Waals surface area (Å²) in [4.78, 5) is 18.1. The van der Waals surface area contributed by atoms with Gasteiger partial charge in [0.2, 0.25) is 5.72 Å². The van der Waals surface area contributed by atoms with Crippen LogP contribution in [0.25, 0.3) is 11.3 Å². The molecule has 1 amide bonds. The fraction of sp³-hybridized carbons (Fsp3) is 0.108. The second-order valence-corrected chi connectivity index (χ2v) is 11.6. The number of ether oxygens (including phenoxy) is 2. The van der Waals surface area contributed by atoms with Gasteiger partial charge >= 0.3 is 0 Å². The summed E-state index contributed by atoms with van der Waals surface area (Å²) in [5.74, 6) is 1.31. The Morgan fingerprint density at radius 1 is 0.738 bits per heavy atom. The molecule has 206 valence electrons. The van der Waals surface area contributed by atoms with E-state index in [1.807, 2.05) is 114 Å². The molecule has 5 heteroatoms. The molecular weight excluding hydrogens is 538 g/mol. The summed E-state index contributed by atoms with van der Waals surface area (Å²) in [6, 6.07) is 46.4. The largest absolute Gasteiger partial charge is 0.497 e. The third kappa shape index (κ3) is 4.47. The second-order valence-electron chi connectivity index (χ2n) is 10.4. The van der Waals surface area contributed by atoms with Crippen molar-refractivity contribution in [1.82, 2.24) is 0 Å². The van der Waals surface area contributed by atoms with Crippen LogP contribution < -0.4 is 9.64 Å². The molecule has 2 aliphatic rings. The Bertz CT molecular complexity index is 1750. The highest BCUT2D eigenvalue weighted by Crippen LogP contribution is 2.58. The van der Waals surface area contributed by atoms with Crippen LogP contribution >= 0.6 is 11.8 Å². The average molecular weight is 568 g/mol. The molecule has 2 atom stereocenters. The molecule has 5 aromatic carbocycles. The van der Waals surface area contributed by atoms with Crippen molar-refractivity contribution in [3.63, 3.8) is 0 Å². The highest BCUT2D eigenvalue weighted by Gasteiger charge is 2.54. The van der Waals surface area contributed by atoms with Gasteiger partial charge in [-0.15, -0.1) is 11.8 Å². The van der Waals surface area contributed by atoms with Crippen LogP contribution in [0.1, 0.15) is 33.9 Å². The molecule has 0 bridgehead atoms. The van der Waals surface area contributed by atoms with Gasteiger partial charge in [-0.1, -0.05) is 115 Å². The van der Waals surface area contributed by atoms with Crippen molar-refractivity contribution in [3.8, 4) is 5.75 Å².